The highest BCUT2D eigenvalue weighted by molar-refractivity contribution is 5.19. The monoisotopic (exact) mass is 240 g/mol. The molecular formula is C13H18F2N2. The van der Waals surface area contributed by atoms with Gasteiger partial charge < -0.3 is 10.2 Å². The van der Waals surface area contributed by atoms with Crippen molar-refractivity contribution in [2.24, 2.45) is 0 Å². The summed E-state index contributed by atoms with van der Waals surface area (Å²) in [6.07, 6.45) is 2.33. The highest BCUT2D eigenvalue weighted by atomic mass is 19.1. The van der Waals surface area contributed by atoms with E-state index in [1.165, 1.54) is 24.6 Å². The van der Waals surface area contributed by atoms with Gasteiger partial charge in [0.15, 0.2) is 0 Å². The summed E-state index contributed by atoms with van der Waals surface area (Å²) in [6, 6.07) is 4.46. The predicted molar refractivity (Wildman–Crippen MR) is 63.7 cm³/mol. The molecule has 0 spiro atoms. The van der Waals surface area contributed by atoms with Crippen LogP contribution in [0.25, 0.3) is 0 Å². The smallest absolute Gasteiger partial charge is 0.130 e. The van der Waals surface area contributed by atoms with Crippen molar-refractivity contribution < 1.29 is 8.78 Å². The standard InChI is InChI=1S/C13H18F2N2/c1-17(8-10-4-3-7-16-10)9-11-12(14)5-2-6-13(11)15/h2,5-6,10,16H,3-4,7-9H2,1H3. The number of nitrogens with one attached hydrogen (secondary N) is 1. The second-order valence-corrected chi connectivity index (χ2v) is 4.69. The van der Waals surface area contributed by atoms with Crippen molar-refractivity contribution in [1.82, 2.24) is 10.2 Å². The Bertz CT molecular complexity index is 355. The predicted octanol–water partition coefficient (Wildman–Crippen LogP) is 2.15. The minimum Gasteiger partial charge on any atom is -0.313 e. The SMILES string of the molecule is CN(Cc1c(F)cccc1F)CC1CCCN1. The maximum absolute atomic E-state index is 13.4. The van der Waals surface area contributed by atoms with E-state index >= 15 is 0 Å². The Balaban J connectivity index is 1.95. The molecule has 1 aliphatic heterocycles. The molecule has 17 heavy (non-hydrogen) atoms. The van der Waals surface area contributed by atoms with Crippen LogP contribution in [0.4, 0.5) is 8.78 Å². The fraction of sp³-hybridized carbons (Fsp3) is 0.538. The summed E-state index contributed by atoms with van der Waals surface area (Å²) in [5.41, 5.74) is 0.160. The molecule has 1 unspecified atom stereocenters. The molecule has 1 atom stereocenters. The molecule has 4 heteroatoms. The van der Waals surface area contributed by atoms with Crippen LogP contribution in [0.2, 0.25) is 0 Å². The van der Waals surface area contributed by atoms with E-state index in [1.54, 1.807) is 0 Å². The van der Waals surface area contributed by atoms with Crippen molar-refractivity contribution in [3.05, 3.63) is 35.4 Å². The van der Waals surface area contributed by atoms with Crippen molar-refractivity contribution >= 4 is 0 Å². The summed E-state index contributed by atoms with van der Waals surface area (Å²) < 4.78 is 26.9. The number of likely N-dealkylation sites (N-methyl/N-ethyl adjacent to an activating group) is 1. The number of hydrogen-bond donors (Lipinski definition) is 1. The van der Waals surface area contributed by atoms with E-state index in [9.17, 15) is 8.78 Å². The number of hydrogen-bond acceptors (Lipinski definition) is 2. The molecule has 0 amide bonds. The Labute approximate surface area is 101 Å². The summed E-state index contributed by atoms with van der Waals surface area (Å²) in [5.74, 6) is -0.924. The Morgan fingerprint density at radius 1 is 1.35 bits per heavy atom. The first kappa shape index (κ1) is 12.5. The summed E-state index contributed by atoms with van der Waals surface area (Å²) >= 11 is 0. The van der Waals surface area contributed by atoms with Gasteiger partial charge in [-0.1, -0.05) is 6.07 Å². The van der Waals surface area contributed by atoms with Crippen molar-refractivity contribution in [2.45, 2.75) is 25.4 Å². The van der Waals surface area contributed by atoms with Gasteiger partial charge in [0.2, 0.25) is 0 Å². The lowest BCUT2D eigenvalue weighted by atomic mass is 10.1. The van der Waals surface area contributed by atoms with E-state index in [4.69, 9.17) is 0 Å². The number of rotatable bonds is 4. The Morgan fingerprint density at radius 3 is 2.65 bits per heavy atom. The first-order chi connectivity index (χ1) is 8.16. The van der Waals surface area contributed by atoms with Crippen LogP contribution in [0.1, 0.15) is 18.4 Å². The summed E-state index contributed by atoms with van der Waals surface area (Å²) in [6.45, 7) is 2.19. The highest BCUT2D eigenvalue weighted by Gasteiger charge is 2.17. The molecule has 0 radical (unpaired) electrons. The first-order valence-corrected chi connectivity index (χ1v) is 6.01. The van der Waals surface area contributed by atoms with E-state index in [2.05, 4.69) is 5.32 Å². The van der Waals surface area contributed by atoms with Gasteiger partial charge in [-0.3, -0.25) is 0 Å². The van der Waals surface area contributed by atoms with Crippen molar-refractivity contribution in [2.75, 3.05) is 20.1 Å². The molecule has 1 fully saturated rings. The van der Waals surface area contributed by atoms with E-state index in [0.717, 1.165) is 19.5 Å². The van der Waals surface area contributed by atoms with Gasteiger partial charge in [0.05, 0.1) is 0 Å². The average Bonchev–Trinajstić information content (AvgIpc) is 2.76. The van der Waals surface area contributed by atoms with Gasteiger partial charge in [0.25, 0.3) is 0 Å². The Kier molecular flexibility index (Phi) is 4.07. The van der Waals surface area contributed by atoms with E-state index in [-0.39, 0.29) is 5.56 Å². The molecule has 0 aliphatic carbocycles. The molecule has 1 heterocycles. The van der Waals surface area contributed by atoms with Gasteiger partial charge in [-0.15, -0.1) is 0 Å². The highest BCUT2D eigenvalue weighted by Crippen LogP contribution is 2.15. The molecule has 0 bridgehead atoms. The molecular weight excluding hydrogens is 222 g/mol. The second kappa shape index (κ2) is 5.56. The van der Waals surface area contributed by atoms with Crippen LogP contribution in [-0.4, -0.2) is 31.1 Å². The van der Waals surface area contributed by atoms with Crippen LogP contribution in [0.3, 0.4) is 0 Å². The first-order valence-electron chi connectivity index (χ1n) is 6.01. The van der Waals surface area contributed by atoms with E-state index in [1.807, 2.05) is 11.9 Å². The lowest BCUT2D eigenvalue weighted by molar-refractivity contribution is 0.284. The molecule has 1 aromatic carbocycles. The normalized spacial score (nSPS) is 20.1. The maximum atomic E-state index is 13.4. The molecule has 1 saturated heterocycles. The van der Waals surface area contributed by atoms with Gasteiger partial charge >= 0.3 is 0 Å². The van der Waals surface area contributed by atoms with Gasteiger partial charge in [-0.2, -0.15) is 0 Å². The zero-order valence-corrected chi connectivity index (χ0v) is 10.0. The van der Waals surface area contributed by atoms with Crippen LogP contribution >= 0.6 is 0 Å². The van der Waals surface area contributed by atoms with Crippen molar-refractivity contribution in [3.63, 3.8) is 0 Å². The molecule has 94 valence electrons. The van der Waals surface area contributed by atoms with Crippen LogP contribution in [0.5, 0.6) is 0 Å². The average molecular weight is 240 g/mol. The lowest BCUT2D eigenvalue weighted by Crippen LogP contribution is -2.35. The molecule has 2 rings (SSSR count). The van der Waals surface area contributed by atoms with Crippen molar-refractivity contribution in [1.29, 1.82) is 0 Å². The quantitative estimate of drug-likeness (QED) is 0.867. The van der Waals surface area contributed by atoms with Crippen LogP contribution in [-0.2, 0) is 6.54 Å². The molecule has 0 saturated carbocycles. The Hall–Kier alpha value is -1.00. The van der Waals surface area contributed by atoms with Crippen LogP contribution in [0.15, 0.2) is 18.2 Å². The molecule has 1 N–H and O–H groups in total. The van der Waals surface area contributed by atoms with E-state index < -0.39 is 11.6 Å². The number of nitrogens with zero attached hydrogens (tertiary/aromatic N) is 1. The third-order valence-electron chi connectivity index (χ3n) is 3.18. The lowest BCUT2D eigenvalue weighted by Gasteiger charge is -2.21. The minimum absolute atomic E-state index is 0.160. The topological polar surface area (TPSA) is 15.3 Å². The number of benzene rings is 1. The largest absolute Gasteiger partial charge is 0.313 e. The minimum atomic E-state index is -0.462. The molecule has 1 aromatic rings. The molecule has 0 aromatic heterocycles. The zero-order chi connectivity index (χ0) is 12.3. The summed E-state index contributed by atoms with van der Waals surface area (Å²) in [7, 11) is 1.89. The van der Waals surface area contributed by atoms with Gasteiger partial charge in [-0.25, -0.2) is 8.78 Å². The second-order valence-electron chi connectivity index (χ2n) is 4.69. The molecule has 1 aliphatic rings. The van der Waals surface area contributed by atoms with Crippen molar-refractivity contribution in [3.8, 4) is 0 Å². The maximum Gasteiger partial charge on any atom is 0.130 e. The van der Waals surface area contributed by atoms with E-state index in [0.29, 0.717) is 12.6 Å². The fourth-order valence-electron chi connectivity index (χ4n) is 2.31. The third kappa shape index (κ3) is 3.23. The van der Waals surface area contributed by atoms with Gasteiger partial charge in [0.1, 0.15) is 11.6 Å². The van der Waals surface area contributed by atoms with Crippen LogP contribution in [0, 0.1) is 11.6 Å². The number of halogens is 2. The third-order valence-corrected chi connectivity index (χ3v) is 3.18. The van der Waals surface area contributed by atoms with Crippen LogP contribution < -0.4 is 5.32 Å². The zero-order valence-electron chi connectivity index (χ0n) is 10.0. The Morgan fingerprint density at radius 2 is 2.06 bits per heavy atom. The fourth-order valence-corrected chi connectivity index (χ4v) is 2.31. The summed E-state index contributed by atoms with van der Waals surface area (Å²) in [4.78, 5) is 1.96. The van der Waals surface area contributed by atoms with Gasteiger partial charge in [0, 0.05) is 24.7 Å². The van der Waals surface area contributed by atoms with Gasteiger partial charge in [-0.05, 0) is 38.6 Å². The summed E-state index contributed by atoms with van der Waals surface area (Å²) in [5, 5.41) is 3.37. The molecule has 2 nitrogen and oxygen atoms in total.